The zero-order valence-electron chi connectivity index (χ0n) is 16.3. The maximum Gasteiger partial charge on any atom is 0.321 e. The van der Waals surface area contributed by atoms with Gasteiger partial charge in [-0.05, 0) is 38.0 Å². The number of carbonyl (C=O) groups excluding carboxylic acids is 1. The molecule has 4 rings (SSSR count). The molecule has 1 aliphatic rings. The number of urea groups is 1. The summed E-state index contributed by atoms with van der Waals surface area (Å²) in [6.07, 6.45) is 3.04. The van der Waals surface area contributed by atoms with Gasteiger partial charge in [0.1, 0.15) is 5.69 Å². The van der Waals surface area contributed by atoms with Crippen molar-refractivity contribution in [3.05, 3.63) is 64.2 Å². The van der Waals surface area contributed by atoms with Crippen LogP contribution in [0.1, 0.15) is 30.2 Å². The van der Waals surface area contributed by atoms with E-state index in [9.17, 15) is 14.9 Å². The van der Waals surface area contributed by atoms with Gasteiger partial charge in [0.25, 0.3) is 5.69 Å². The van der Waals surface area contributed by atoms with Crippen molar-refractivity contribution in [3.8, 4) is 11.5 Å². The summed E-state index contributed by atoms with van der Waals surface area (Å²) < 4.78 is 5.41. The van der Waals surface area contributed by atoms with Gasteiger partial charge in [-0.25, -0.2) is 4.79 Å². The Kier molecular flexibility index (Phi) is 5.38. The van der Waals surface area contributed by atoms with Gasteiger partial charge in [0.2, 0.25) is 11.7 Å². The number of hydrogen-bond donors (Lipinski definition) is 1. The summed E-state index contributed by atoms with van der Waals surface area (Å²) in [5.74, 6) is 1.07. The van der Waals surface area contributed by atoms with E-state index < -0.39 is 4.92 Å². The summed E-state index contributed by atoms with van der Waals surface area (Å²) in [6, 6.07) is 9.86. The van der Waals surface area contributed by atoms with E-state index in [1.165, 1.54) is 6.07 Å². The highest BCUT2D eigenvalue weighted by Gasteiger charge is 2.28. The molecule has 154 valence electrons. The molecule has 0 radical (unpaired) electrons. The second-order valence-corrected chi connectivity index (χ2v) is 7.12. The van der Waals surface area contributed by atoms with Crippen LogP contribution in [0.3, 0.4) is 0 Å². The number of nitro groups is 1. The van der Waals surface area contributed by atoms with Crippen LogP contribution in [0.5, 0.6) is 0 Å². The number of nitrogens with one attached hydrogen (secondary N) is 1. The van der Waals surface area contributed by atoms with Crippen LogP contribution in [0.4, 0.5) is 16.2 Å². The van der Waals surface area contributed by atoms with E-state index in [4.69, 9.17) is 4.52 Å². The second kappa shape index (κ2) is 8.27. The average molecular weight is 408 g/mol. The highest BCUT2D eigenvalue weighted by Crippen LogP contribution is 2.29. The molecule has 1 fully saturated rings. The lowest BCUT2D eigenvalue weighted by atomic mass is 9.97. The number of likely N-dealkylation sites (tertiary alicyclic amines) is 1. The Labute approximate surface area is 172 Å². The van der Waals surface area contributed by atoms with Gasteiger partial charge < -0.3 is 14.7 Å². The fourth-order valence-corrected chi connectivity index (χ4v) is 3.42. The minimum atomic E-state index is -0.458. The third kappa shape index (κ3) is 4.12. The summed E-state index contributed by atoms with van der Waals surface area (Å²) in [7, 11) is 0. The van der Waals surface area contributed by atoms with E-state index in [1.807, 2.05) is 18.2 Å². The molecule has 0 unspecified atom stereocenters. The Morgan fingerprint density at radius 2 is 2.07 bits per heavy atom. The number of pyridine rings is 1. The van der Waals surface area contributed by atoms with E-state index in [2.05, 4.69) is 20.4 Å². The Morgan fingerprint density at radius 1 is 1.27 bits per heavy atom. The second-order valence-electron chi connectivity index (χ2n) is 7.12. The van der Waals surface area contributed by atoms with Crippen LogP contribution in [0.2, 0.25) is 0 Å². The molecule has 0 saturated carbocycles. The largest absolute Gasteiger partial charge is 0.339 e. The van der Waals surface area contributed by atoms with E-state index in [0.29, 0.717) is 54.6 Å². The topological polar surface area (TPSA) is 127 Å². The summed E-state index contributed by atoms with van der Waals surface area (Å²) >= 11 is 0. The molecular weight excluding hydrogens is 388 g/mol. The molecule has 2 amide bonds. The fraction of sp³-hybridized carbons (Fsp3) is 0.300. The maximum absolute atomic E-state index is 12.6. The van der Waals surface area contributed by atoms with Gasteiger partial charge in [-0.15, -0.1) is 0 Å². The minimum absolute atomic E-state index is 0.0217. The van der Waals surface area contributed by atoms with E-state index in [-0.39, 0.29) is 17.6 Å². The number of piperidine rings is 1. The molecular formula is C20H20N6O4. The van der Waals surface area contributed by atoms with Crippen LogP contribution in [0, 0.1) is 17.0 Å². The number of aryl methyl sites for hydroxylation is 1. The van der Waals surface area contributed by atoms with Gasteiger partial charge in [0.15, 0.2) is 0 Å². The Bertz CT molecular complexity index is 1060. The molecule has 0 aliphatic carbocycles. The van der Waals surface area contributed by atoms with Crippen LogP contribution >= 0.6 is 0 Å². The first-order valence-corrected chi connectivity index (χ1v) is 9.57. The normalized spacial score (nSPS) is 14.5. The van der Waals surface area contributed by atoms with Crippen molar-refractivity contribution in [2.75, 3.05) is 18.4 Å². The van der Waals surface area contributed by atoms with Crippen molar-refractivity contribution in [1.82, 2.24) is 20.0 Å². The van der Waals surface area contributed by atoms with Crippen molar-refractivity contribution in [2.45, 2.75) is 25.7 Å². The lowest BCUT2D eigenvalue weighted by Crippen LogP contribution is -2.40. The summed E-state index contributed by atoms with van der Waals surface area (Å²) in [4.78, 5) is 33.5. The molecule has 2 aromatic heterocycles. The first kappa shape index (κ1) is 19.5. The highest BCUT2D eigenvalue weighted by molar-refractivity contribution is 5.89. The predicted octanol–water partition coefficient (Wildman–Crippen LogP) is 3.76. The first-order valence-electron chi connectivity index (χ1n) is 9.57. The van der Waals surface area contributed by atoms with Crippen LogP contribution in [-0.4, -0.2) is 44.1 Å². The van der Waals surface area contributed by atoms with Crippen molar-refractivity contribution < 1.29 is 14.2 Å². The Hall–Kier alpha value is -3.82. The molecule has 0 atom stereocenters. The number of nitro benzene ring substituents is 1. The number of anilines is 1. The maximum atomic E-state index is 12.6. The average Bonchev–Trinajstić information content (AvgIpc) is 3.26. The van der Waals surface area contributed by atoms with Gasteiger partial charge in [-0.1, -0.05) is 17.3 Å². The van der Waals surface area contributed by atoms with Crippen molar-refractivity contribution in [2.24, 2.45) is 0 Å². The van der Waals surface area contributed by atoms with E-state index in [0.717, 1.165) is 0 Å². The SMILES string of the molecule is Cc1ccc(NC(=O)N2CCC(c3nc(-c4ccccn4)no3)CC2)cc1[N+](=O)[O-]. The van der Waals surface area contributed by atoms with Gasteiger partial charge >= 0.3 is 6.03 Å². The summed E-state index contributed by atoms with van der Waals surface area (Å²) in [5.41, 5.74) is 1.57. The molecule has 0 bridgehead atoms. The molecule has 3 heterocycles. The van der Waals surface area contributed by atoms with Gasteiger partial charge in [-0.2, -0.15) is 4.98 Å². The van der Waals surface area contributed by atoms with Crippen molar-refractivity contribution in [1.29, 1.82) is 0 Å². The Morgan fingerprint density at radius 3 is 2.77 bits per heavy atom. The van der Waals surface area contributed by atoms with Crippen LogP contribution in [-0.2, 0) is 0 Å². The smallest absolute Gasteiger partial charge is 0.321 e. The lowest BCUT2D eigenvalue weighted by Gasteiger charge is -2.30. The van der Waals surface area contributed by atoms with Crippen LogP contribution < -0.4 is 5.32 Å². The lowest BCUT2D eigenvalue weighted by molar-refractivity contribution is -0.385. The molecule has 1 aromatic carbocycles. The molecule has 30 heavy (non-hydrogen) atoms. The zero-order chi connectivity index (χ0) is 21.1. The van der Waals surface area contributed by atoms with Crippen molar-refractivity contribution in [3.63, 3.8) is 0 Å². The number of carbonyl (C=O) groups is 1. The fourth-order valence-electron chi connectivity index (χ4n) is 3.42. The molecule has 1 saturated heterocycles. The molecule has 0 spiro atoms. The van der Waals surface area contributed by atoms with Crippen molar-refractivity contribution >= 4 is 17.4 Å². The monoisotopic (exact) mass is 408 g/mol. The number of rotatable bonds is 4. The zero-order valence-corrected chi connectivity index (χ0v) is 16.3. The van der Waals surface area contributed by atoms with Gasteiger partial charge in [0.05, 0.1) is 4.92 Å². The minimum Gasteiger partial charge on any atom is -0.339 e. The molecule has 10 heteroatoms. The number of hydrogen-bond acceptors (Lipinski definition) is 7. The predicted molar refractivity (Wildman–Crippen MR) is 108 cm³/mol. The highest BCUT2D eigenvalue weighted by atomic mass is 16.6. The number of aromatic nitrogens is 3. The molecule has 10 nitrogen and oxygen atoms in total. The quantitative estimate of drug-likeness (QED) is 0.514. The molecule has 1 N–H and O–H groups in total. The van der Waals surface area contributed by atoms with E-state index >= 15 is 0 Å². The van der Waals surface area contributed by atoms with Gasteiger partial charge in [0, 0.05) is 42.5 Å². The third-order valence-corrected chi connectivity index (χ3v) is 5.12. The van der Waals surface area contributed by atoms with E-state index in [1.54, 1.807) is 30.2 Å². The van der Waals surface area contributed by atoms with Gasteiger partial charge in [-0.3, -0.25) is 15.1 Å². The number of nitrogens with zero attached hydrogens (tertiary/aromatic N) is 5. The number of amides is 2. The third-order valence-electron chi connectivity index (χ3n) is 5.12. The Balaban J connectivity index is 1.36. The standard InChI is InChI=1S/C20H20N6O4/c1-13-5-6-15(12-17(13)26(28)29)22-20(27)25-10-7-14(8-11-25)19-23-18(24-30-19)16-4-2-3-9-21-16/h2-6,9,12,14H,7-8,10-11H2,1H3,(H,22,27). The molecule has 3 aromatic rings. The first-order chi connectivity index (χ1) is 14.5. The summed E-state index contributed by atoms with van der Waals surface area (Å²) in [5, 5.41) is 17.8. The number of benzene rings is 1. The molecule has 1 aliphatic heterocycles. The van der Waals surface area contributed by atoms with Crippen LogP contribution in [0.25, 0.3) is 11.5 Å². The summed E-state index contributed by atoms with van der Waals surface area (Å²) in [6.45, 7) is 2.70. The van der Waals surface area contributed by atoms with Crippen LogP contribution in [0.15, 0.2) is 47.1 Å².